The number of aromatic nitrogens is 1. The Morgan fingerprint density at radius 2 is 2.24 bits per heavy atom. The van der Waals surface area contributed by atoms with Crippen molar-refractivity contribution in [1.29, 1.82) is 0 Å². The molecular weight excluding hydrogens is 214 g/mol. The van der Waals surface area contributed by atoms with Crippen molar-refractivity contribution in [1.82, 2.24) is 10.3 Å². The summed E-state index contributed by atoms with van der Waals surface area (Å²) in [5.74, 6) is 1.02. The van der Waals surface area contributed by atoms with Crippen molar-refractivity contribution in [3.63, 3.8) is 0 Å². The van der Waals surface area contributed by atoms with Crippen LogP contribution in [-0.2, 0) is 5.60 Å². The van der Waals surface area contributed by atoms with Crippen LogP contribution < -0.4 is 11.1 Å². The number of nitrogens with zero attached hydrogens (tertiary/aromatic N) is 1. The molecule has 1 rings (SSSR count). The second-order valence-corrected chi connectivity index (χ2v) is 5.06. The minimum absolute atomic E-state index is 0.404. The van der Waals surface area contributed by atoms with E-state index in [1.165, 1.54) is 0 Å². The quantitative estimate of drug-likeness (QED) is 0.656. The van der Waals surface area contributed by atoms with Gasteiger partial charge in [-0.1, -0.05) is 19.9 Å². The van der Waals surface area contributed by atoms with Crippen molar-refractivity contribution >= 4 is 5.82 Å². The first-order valence-electron chi connectivity index (χ1n) is 6.07. The lowest BCUT2D eigenvalue weighted by Crippen LogP contribution is -2.30. The maximum Gasteiger partial charge on any atom is 0.129 e. The van der Waals surface area contributed by atoms with Crippen LogP contribution in [0.25, 0.3) is 0 Å². The number of hydrogen-bond acceptors (Lipinski definition) is 4. The lowest BCUT2D eigenvalue weighted by molar-refractivity contribution is 0.0483. The van der Waals surface area contributed by atoms with Crippen molar-refractivity contribution < 1.29 is 5.11 Å². The zero-order chi connectivity index (χ0) is 12.9. The van der Waals surface area contributed by atoms with Crippen molar-refractivity contribution in [2.75, 3.05) is 18.8 Å². The zero-order valence-electron chi connectivity index (χ0n) is 10.9. The molecule has 0 fully saturated rings. The number of rotatable bonds is 6. The van der Waals surface area contributed by atoms with E-state index in [0.29, 0.717) is 23.7 Å². The van der Waals surface area contributed by atoms with Crippen molar-refractivity contribution in [3.8, 4) is 0 Å². The van der Waals surface area contributed by atoms with E-state index in [9.17, 15) is 5.11 Å². The molecule has 1 unspecified atom stereocenters. The molecule has 96 valence electrons. The predicted octanol–water partition coefficient (Wildman–Crippen LogP) is 1.51. The molecule has 4 nitrogen and oxygen atoms in total. The van der Waals surface area contributed by atoms with E-state index >= 15 is 0 Å². The Labute approximate surface area is 103 Å². The number of hydrogen-bond donors (Lipinski definition) is 3. The van der Waals surface area contributed by atoms with E-state index in [2.05, 4.69) is 24.1 Å². The van der Waals surface area contributed by atoms with Gasteiger partial charge in [-0.15, -0.1) is 0 Å². The average Bonchev–Trinajstić information content (AvgIpc) is 2.24. The van der Waals surface area contributed by atoms with Crippen molar-refractivity contribution in [2.45, 2.75) is 32.8 Å². The molecule has 1 heterocycles. The molecule has 1 aromatic heterocycles. The van der Waals surface area contributed by atoms with Gasteiger partial charge in [0, 0.05) is 11.8 Å². The Balaban J connectivity index is 2.54. The highest BCUT2D eigenvalue weighted by molar-refractivity contribution is 5.42. The number of nitrogen functional groups attached to an aromatic ring is 1. The molecule has 1 aromatic rings. The monoisotopic (exact) mass is 237 g/mol. The minimum atomic E-state index is -0.928. The van der Waals surface area contributed by atoms with Gasteiger partial charge in [0.2, 0.25) is 0 Å². The summed E-state index contributed by atoms with van der Waals surface area (Å²) in [7, 11) is 0. The standard InChI is InChI=1S/C13H23N3O/c1-10(2)9-15-8-6-13(3,17)11-5-4-7-16-12(11)14/h4-5,7,10,15,17H,6,8-9H2,1-3H3,(H2,14,16). The third-order valence-corrected chi connectivity index (χ3v) is 2.76. The van der Waals surface area contributed by atoms with Crippen LogP contribution in [0.15, 0.2) is 18.3 Å². The molecule has 0 radical (unpaired) electrons. The van der Waals surface area contributed by atoms with Gasteiger partial charge in [0.1, 0.15) is 5.82 Å². The maximum absolute atomic E-state index is 10.4. The summed E-state index contributed by atoms with van der Waals surface area (Å²) in [5, 5.41) is 13.7. The van der Waals surface area contributed by atoms with Crippen LogP contribution in [0, 0.1) is 5.92 Å². The zero-order valence-corrected chi connectivity index (χ0v) is 10.9. The summed E-state index contributed by atoms with van der Waals surface area (Å²) in [6, 6.07) is 3.62. The van der Waals surface area contributed by atoms with Gasteiger partial charge in [-0.25, -0.2) is 4.98 Å². The molecule has 0 saturated carbocycles. The molecule has 0 saturated heterocycles. The van der Waals surface area contributed by atoms with Gasteiger partial charge in [0.15, 0.2) is 0 Å². The Bertz CT molecular complexity index is 350. The predicted molar refractivity (Wildman–Crippen MR) is 70.5 cm³/mol. The second kappa shape index (κ2) is 5.98. The van der Waals surface area contributed by atoms with Gasteiger partial charge in [-0.05, 0) is 38.4 Å². The summed E-state index contributed by atoms with van der Waals surface area (Å²) in [5.41, 5.74) is 5.54. The lowest BCUT2D eigenvalue weighted by Gasteiger charge is -2.25. The number of pyridine rings is 1. The Hall–Kier alpha value is -1.13. The molecule has 4 heteroatoms. The van der Waals surface area contributed by atoms with Gasteiger partial charge in [0.25, 0.3) is 0 Å². The molecule has 0 bridgehead atoms. The molecular formula is C13H23N3O. The lowest BCUT2D eigenvalue weighted by atomic mass is 9.93. The third-order valence-electron chi connectivity index (χ3n) is 2.76. The van der Waals surface area contributed by atoms with E-state index in [1.807, 2.05) is 6.07 Å². The maximum atomic E-state index is 10.4. The van der Waals surface area contributed by atoms with Crippen molar-refractivity contribution in [3.05, 3.63) is 23.9 Å². The van der Waals surface area contributed by atoms with E-state index in [1.54, 1.807) is 19.2 Å². The highest BCUT2D eigenvalue weighted by Crippen LogP contribution is 2.27. The first kappa shape index (κ1) is 13.9. The molecule has 4 N–H and O–H groups in total. The SMILES string of the molecule is CC(C)CNCCC(C)(O)c1cccnc1N. The summed E-state index contributed by atoms with van der Waals surface area (Å²) < 4.78 is 0. The van der Waals surface area contributed by atoms with Crippen LogP contribution in [0.3, 0.4) is 0 Å². The molecule has 17 heavy (non-hydrogen) atoms. The fourth-order valence-corrected chi connectivity index (χ4v) is 1.73. The molecule has 0 aliphatic rings. The summed E-state index contributed by atoms with van der Waals surface area (Å²) >= 11 is 0. The number of aliphatic hydroxyl groups is 1. The van der Waals surface area contributed by atoms with Gasteiger partial charge in [0.05, 0.1) is 5.60 Å². The van der Waals surface area contributed by atoms with Crippen LogP contribution in [0.1, 0.15) is 32.8 Å². The molecule has 0 spiro atoms. The van der Waals surface area contributed by atoms with Crippen molar-refractivity contribution in [2.24, 2.45) is 5.92 Å². The molecule has 1 atom stereocenters. The second-order valence-electron chi connectivity index (χ2n) is 5.06. The van der Waals surface area contributed by atoms with Crippen LogP contribution in [-0.4, -0.2) is 23.2 Å². The first-order chi connectivity index (χ1) is 7.93. The molecule has 0 aromatic carbocycles. The van der Waals surface area contributed by atoms with Gasteiger partial charge in [-0.2, -0.15) is 0 Å². The molecule has 0 aliphatic heterocycles. The molecule has 0 amide bonds. The van der Waals surface area contributed by atoms with Crippen LogP contribution in [0.4, 0.5) is 5.82 Å². The number of nitrogens with two attached hydrogens (primary N) is 1. The summed E-state index contributed by atoms with van der Waals surface area (Å²) in [6.07, 6.45) is 2.25. The van der Waals surface area contributed by atoms with E-state index < -0.39 is 5.60 Å². The van der Waals surface area contributed by atoms with Gasteiger partial charge >= 0.3 is 0 Å². The largest absolute Gasteiger partial charge is 0.385 e. The molecule has 0 aliphatic carbocycles. The number of nitrogens with one attached hydrogen (secondary N) is 1. The van der Waals surface area contributed by atoms with Gasteiger partial charge in [-0.3, -0.25) is 0 Å². The average molecular weight is 237 g/mol. The fourth-order valence-electron chi connectivity index (χ4n) is 1.73. The topological polar surface area (TPSA) is 71.2 Å². The minimum Gasteiger partial charge on any atom is -0.385 e. The summed E-state index contributed by atoms with van der Waals surface area (Å²) in [4.78, 5) is 4.00. The highest BCUT2D eigenvalue weighted by atomic mass is 16.3. The Morgan fingerprint density at radius 3 is 2.82 bits per heavy atom. The van der Waals surface area contributed by atoms with E-state index in [-0.39, 0.29) is 0 Å². The third kappa shape index (κ3) is 4.32. The Morgan fingerprint density at radius 1 is 1.53 bits per heavy atom. The smallest absolute Gasteiger partial charge is 0.129 e. The fraction of sp³-hybridized carbons (Fsp3) is 0.615. The number of anilines is 1. The van der Waals surface area contributed by atoms with E-state index in [4.69, 9.17) is 5.73 Å². The van der Waals surface area contributed by atoms with Crippen LogP contribution in [0.2, 0.25) is 0 Å². The Kier molecular flexibility index (Phi) is 4.90. The van der Waals surface area contributed by atoms with Gasteiger partial charge < -0.3 is 16.2 Å². The van der Waals surface area contributed by atoms with Crippen LogP contribution >= 0.6 is 0 Å². The first-order valence-corrected chi connectivity index (χ1v) is 6.07. The normalized spacial score (nSPS) is 14.9. The van der Waals surface area contributed by atoms with Crippen LogP contribution in [0.5, 0.6) is 0 Å². The highest BCUT2D eigenvalue weighted by Gasteiger charge is 2.25. The summed E-state index contributed by atoms with van der Waals surface area (Å²) in [6.45, 7) is 7.81. The van der Waals surface area contributed by atoms with E-state index in [0.717, 1.165) is 13.1 Å².